The number of hydrogen-bond donors (Lipinski definition) is 0. The number of hydrogen-bond acceptors (Lipinski definition) is 7. The Bertz CT molecular complexity index is 662. The second-order valence-corrected chi connectivity index (χ2v) is 10.4. The molecule has 0 N–H and O–H groups in total. The first-order valence-electron chi connectivity index (χ1n) is 12.8. The molecule has 1 fully saturated rings. The SMILES string of the molecule is CCCCN(c1nc(N(CC)CC)nc(N(CC)CC)n1)C1CC(C)(C)N(C)C(C)(C)C1. The van der Waals surface area contributed by atoms with Crippen molar-refractivity contribution in [3.8, 4) is 0 Å². The first-order valence-corrected chi connectivity index (χ1v) is 12.8. The predicted octanol–water partition coefficient (Wildman–Crippen LogP) is 4.82. The smallest absolute Gasteiger partial charge is 0.232 e. The van der Waals surface area contributed by atoms with Gasteiger partial charge in [-0.05, 0) is 81.7 Å². The van der Waals surface area contributed by atoms with E-state index in [9.17, 15) is 0 Å². The summed E-state index contributed by atoms with van der Waals surface area (Å²) in [5.74, 6) is 2.45. The minimum absolute atomic E-state index is 0.118. The predicted molar refractivity (Wildman–Crippen MR) is 138 cm³/mol. The van der Waals surface area contributed by atoms with Crippen LogP contribution in [0.15, 0.2) is 0 Å². The molecule has 32 heavy (non-hydrogen) atoms. The van der Waals surface area contributed by atoms with Gasteiger partial charge >= 0.3 is 0 Å². The van der Waals surface area contributed by atoms with Crippen LogP contribution < -0.4 is 14.7 Å². The largest absolute Gasteiger partial charge is 0.341 e. The summed E-state index contributed by atoms with van der Waals surface area (Å²) in [6.07, 6.45) is 4.50. The van der Waals surface area contributed by atoms with E-state index in [0.717, 1.165) is 76.3 Å². The number of piperidine rings is 1. The molecule has 0 aliphatic carbocycles. The zero-order chi connectivity index (χ0) is 24.1. The highest BCUT2D eigenvalue weighted by molar-refractivity contribution is 5.47. The van der Waals surface area contributed by atoms with Gasteiger partial charge in [0.05, 0.1) is 0 Å². The summed E-state index contributed by atoms with van der Waals surface area (Å²) in [7, 11) is 2.27. The van der Waals surface area contributed by atoms with E-state index in [1.165, 1.54) is 0 Å². The molecule has 184 valence electrons. The molecule has 0 spiro atoms. The lowest BCUT2D eigenvalue weighted by Gasteiger charge is -2.55. The molecular formula is C25H49N7. The van der Waals surface area contributed by atoms with Crippen molar-refractivity contribution in [1.29, 1.82) is 0 Å². The van der Waals surface area contributed by atoms with Crippen LogP contribution in [0.2, 0.25) is 0 Å². The fourth-order valence-corrected chi connectivity index (χ4v) is 5.08. The fraction of sp³-hybridized carbons (Fsp3) is 0.880. The number of unbranched alkanes of at least 4 members (excludes halogenated alkanes) is 1. The fourth-order valence-electron chi connectivity index (χ4n) is 5.08. The Morgan fingerprint density at radius 2 is 1.16 bits per heavy atom. The molecule has 1 aromatic rings. The van der Waals surface area contributed by atoms with E-state index in [2.05, 4.69) is 89.0 Å². The lowest BCUT2D eigenvalue weighted by Crippen LogP contribution is -2.63. The van der Waals surface area contributed by atoms with Crippen molar-refractivity contribution < 1.29 is 0 Å². The highest BCUT2D eigenvalue weighted by Crippen LogP contribution is 2.40. The van der Waals surface area contributed by atoms with Crippen molar-refractivity contribution >= 4 is 17.8 Å². The van der Waals surface area contributed by atoms with Gasteiger partial charge in [0.2, 0.25) is 17.8 Å². The van der Waals surface area contributed by atoms with Crippen LogP contribution in [0.1, 0.15) is 88.0 Å². The minimum atomic E-state index is 0.118. The van der Waals surface area contributed by atoms with Gasteiger partial charge in [-0.3, -0.25) is 4.90 Å². The van der Waals surface area contributed by atoms with Gasteiger partial charge in [0.15, 0.2) is 0 Å². The average Bonchev–Trinajstić information content (AvgIpc) is 2.74. The van der Waals surface area contributed by atoms with Crippen LogP contribution in [0.4, 0.5) is 17.8 Å². The van der Waals surface area contributed by atoms with Crippen LogP contribution in [0, 0.1) is 0 Å². The van der Waals surface area contributed by atoms with Gasteiger partial charge in [-0.2, -0.15) is 15.0 Å². The maximum Gasteiger partial charge on any atom is 0.232 e. The second kappa shape index (κ2) is 11.0. The molecule has 0 atom stereocenters. The quantitative estimate of drug-likeness (QED) is 0.482. The van der Waals surface area contributed by atoms with E-state index < -0.39 is 0 Å². The van der Waals surface area contributed by atoms with E-state index >= 15 is 0 Å². The van der Waals surface area contributed by atoms with Crippen molar-refractivity contribution in [3.05, 3.63) is 0 Å². The van der Waals surface area contributed by atoms with E-state index in [0.29, 0.717) is 6.04 Å². The van der Waals surface area contributed by atoms with E-state index in [1.54, 1.807) is 0 Å². The lowest BCUT2D eigenvalue weighted by molar-refractivity contribution is -0.0129. The Hall–Kier alpha value is -1.63. The molecule has 2 rings (SSSR count). The number of likely N-dealkylation sites (tertiary alicyclic amines) is 1. The van der Waals surface area contributed by atoms with Crippen LogP contribution in [-0.4, -0.2) is 76.7 Å². The number of anilines is 3. The first kappa shape index (κ1) is 26.6. The van der Waals surface area contributed by atoms with Gasteiger partial charge in [0.1, 0.15) is 0 Å². The van der Waals surface area contributed by atoms with Gasteiger partial charge in [0, 0.05) is 49.8 Å². The normalized spacial score (nSPS) is 18.6. The summed E-state index contributed by atoms with van der Waals surface area (Å²) < 4.78 is 0. The Kier molecular flexibility index (Phi) is 9.15. The highest BCUT2D eigenvalue weighted by atomic mass is 15.4. The van der Waals surface area contributed by atoms with Gasteiger partial charge in [-0.1, -0.05) is 13.3 Å². The molecule has 0 saturated carbocycles. The Morgan fingerprint density at radius 3 is 1.53 bits per heavy atom. The standard InChI is InChI=1S/C25H49N7/c1-11-16-17-32(20-18-24(6,7)29(10)25(8,9)19-20)23-27-21(30(12-2)13-3)26-22(28-23)31(14-4)15-5/h20H,11-19H2,1-10H3. The second-order valence-electron chi connectivity index (χ2n) is 10.4. The third kappa shape index (κ3) is 5.83. The molecule has 1 aliphatic heterocycles. The third-order valence-corrected chi connectivity index (χ3v) is 7.43. The summed E-state index contributed by atoms with van der Waals surface area (Å²) in [6, 6.07) is 0.402. The molecule has 1 saturated heterocycles. The molecule has 7 nitrogen and oxygen atoms in total. The first-order chi connectivity index (χ1) is 15.0. The molecule has 0 aromatic carbocycles. The van der Waals surface area contributed by atoms with Crippen molar-refractivity contribution in [1.82, 2.24) is 19.9 Å². The van der Waals surface area contributed by atoms with E-state index in [4.69, 9.17) is 15.0 Å². The van der Waals surface area contributed by atoms with Crippen LogP contribution in [0.25, 0.3) is 0 Å². The molecule has 0 unspecified atom stereocenters. The van der Waals surface area contributed by atoms with Crippen molar-refractivity contribution in [3.63, 3.8) is 0 Å². The topological polar surface area (TPSA) is 51.6 Å². The third-order valence-electron chi connectivity index (χ3n) is 7.43. The zero-order valence-corrected chi connectivity index (χ0v) is 22.6. The van der Waals surface area contributed by atoms with Crippen molar-refractivity contribution in [2.45, 2.75) is 105 Å². The number of aromatic nitrogens is 3. The molecule has 2 heterocycles. The average molecular weight is 448 g/mol. The van der Waals surface area contributed by atoms with Crippen LogP contribution >= 0.6 is 0 Å². The molecule has 7 heteroatoms. The molecular weight excluding hydrogens is 398 g/mol. The summed E-state index contributed by atoms with van der Waals surface area (Å²) in [6.45, 7) is 25.0. The Morgan fingerprint density at radius 1 is 0.750 bits per heavy atom. The molecule has 0 radical (unpaired) electrons. The molecule has 0 bridgehead atoms. The summed E-state index contributed by atoms with van der Waals surface area (Å²) in [4.78, 5) is 24.5. The summed E-state index contributed by atoms with van der Waals surface area (Å²) in [5.41, 5.74) is 0.237. The maximum atomic E-state index is 5.06. The van der Waals surface area contributed by atoms with Gasteiger partial charge in [-0.15, -0.1) is 0 Å². The summed E-state index contributed by atoms with van der Waals surface area (Å²) >= 11 is 0. The van der Waals surface area contributed by atoms with Crippen LogP contribution in [0.3, 0.4) is 0 Å². The van der Waals surface area contributed by atoms with Crippen LogP contribution in [0.5, 0.6) is 0 Å². The van der Waals surface area contributed by atoms with E-state index in [1.807, 2.05) is 0 Å². The summed E-state index contributed by atoms with van der Waals surface area (Å²) in [5, 5.41) is 0. The minimum Gasteiger partial charge on any atom is -0.341 e. The molecule has 1 aromatic heterocycles. The highest BCUT2D eigenvalue weighted by Gasteiger charge is 2.45. The lowest BCUT2D eigenvalue weighted by atomic mass is 9.77. The Balaban J connectivity index is 2.58. The van der Waals surface area contributed by atoms with Crippen molar-refractivity contribution in [2.24, 2.45) is 0 Å². The molecule has 1 aliphatic rings. The Labute approximate surface area is 197 Å². The van der Waals surface area contributed by atoms with Crippen molar-refractivity contribution in [2.75, 3.05) is 54.5 Å². The zero-order valence-electron chi connectivity index (χ0n) is 22.6. The van der Waals surface area contributed by atoms with Gasteiger partial charge in [0.25, 0.3) is 0 Å². The van der Waals surface area contributed by atoms with Gasteiger partial charge < -0.3 is 14.7 Å². The van der Waals surface area contributed by atoms with Crippen LogP contribution in [-0.2, 0) is 0 Å². The monoisotopic (exact) mass is 447 g/mol. The number of rotatable bonds is 11. The number of nitrogens with zero attached hydrogens (tertiary/aromatic N) is 7. The maximum absolute atomic E-state index is 5.06. The van der Waals surface area contributed by atoms with E-state index in [-0.39, 0.29) is 11.1 Å². The molecule has 0 amide bonds. The van der Waals surface area contributed by atoms with Gasteiger partial charge in [-0.25, -0.2) is 0 Å².